The number of nitrogens with zero attached hydrogens (tertiary/aromatic N) is 1. The van der Waals surface area contributed by atoms with Gasteiger partial charge in [0.1, 0.15) is 18.2 Å². The van der Waals surface area contributed by atoms with E-state index in [1.54, 1.807) is 24.4 Å². The number of ether oxygens (including phenoxy) is 2. The molecule has 0 saturated carbocycles. The molecule has 0 fully saturated rings. The molecule has 0 bridgehead atoms. The number of aromatic nitrogens is 2. The number of benzene rings is 3. The number of rotatable bonds is 11. The minimum atomic E-state index is -0.483. The zero-order chi connectivity index (χ0) is 25.9. The molecule has 1 aromatic heterocycles. The zero-order valence-electron chi connectivity index (χ0n) is 20.6. The molecule has 0 spiro atoms. The first kappa shape index (κ1) is 25.5. The van der Waals surface area contributed by atoms with Gasteiger partial charge in [0.25, 0.3) is 5.91 Å². The first-order valence-electron chi connectivity index (χ1n) is 12.1. The van der Waals surface area contributed by atoms with E-state index in [4.69, 9.17) is 9.47 Å². The molecular weight excluding hydrogens is 468 g/mol. The molecule has 0 aliphatic rings. The number of H-pyrrole nitrogens is 1. The third-order valence-electron chi connectivity index (χ3n) is 5.82. The quantitative estimate of drug-likeness (QED) is 0.245. The SMILES string of the molecule is COc1ccccc1C(=O)NC(CCCNC(=O)OCc1ccccc1)c1ncc(-c2ccccc2)[nH]1. The van der Waals surface area contributed by atoms with Gasteiger partial charge in [0, 0.05) is 6.54 Å². The molecule has 0 aliphatic carbocycles. The lowest BCUT2D eigenvalue weighted by Crippen LogP contribution is -2.31. The number of imidazole rings is 1. The average Bonchev–Trinajstić information content (AvgIpc) is 3.45. The van der Waals surface area contributed by atoms with Crippen molar-refractivity contribution in [2.24, 2.45) is 0 Å². The molecular formula is C29H30N4O4. The van der Waals surface area contributed by atoms with Crippen LogP contribution in [0.4, 0.5) is 4.79 Å². The summed E-state index contributed by atoms with van der Waals surface area (Å²) < 4.78 is 10.6. The molecule has 1 heterocycles. The molecule has 1 unspecified atom stereocenters. The van der Waals surface area contributed by atoms with Crippen LogP contribution >= 0.6 is 0 Å². The summed E-state index contributed by atoms with van der Waals surface area (Å²) >= 11 is 0. The predicted molar refractivity (Wildman–Crippen MR) is 141 cm³/mol. The third kappa shape index (κ3) is 7.20. The largest absolute Gasteiger partial charge is 0.496 e. The Labute approximate surface area is 216 Å². The van der Waals surface area contributed by atoms with Crippen LogP contribution in [0.1, 0.15) is 40.6 Å². The molecule has 37 heavy (non-hydrogen) atoms. The Morgan fingerprint density at radius 3 is 2.41 bits per heavy atom. The van der Waals surface area contributed by atoms with Crippen LogP contribution in [0.3, 0.4) is 0 Å². The van der Waals surface area contributed by atoms with E-state index in [-0.39, 0.29) is 12.5 Å². The summed E-state index contributed by atoms with van der Waals surface area (Å²) in [6.07, 6.45) is 2.41. The third-order valence-corrected chi connectivity index (χ3v) is 5.82. The lowest BCUT2D eigenvalue weighted by Gasteiger charge is -2.18. The number of amides is 2. The van der Waals surface area contributed by atoms with E-state index in [0.29, 0.717) is 36.5 Å². The van der Waals surface area contributed by atoms with Crippen LogP contribution in [0.5, 0.6) is 5.75 Å². The van der Waals surface area contributed by atoms with Gasteiger partial charge in [-0.15, -0.1) is 0 Å². The fourth-order valence-electron chi connectivity index (χ4n) is 3.89. The minimum Gasteiger partial charge on any atom is -0.496 e. The summed E-state index contributed by atoms with van der Waals surface area (Å²) in [6.45, 7) is 0.597. The summed E-state index contributed by atoms with van der Waals surface area (Å²) in [5.74, 6) is 0.857. The van der Waals surface area contributed by atoms with Gasteiger partial charge in [-0.05, 0) is 36.1 Å². The number of hydrogen-bond donors (Lipinski definition) is 3. The Kier molecular flexibility index (Phi) is 8.91. The fourth-order valence-corrected chi connectivity index (χ4v) is 3.89. The number of para-hydroxylation sites is 1. The van der Waals surface area contributed by atoms with Crippen LogP contribution in [0.15, 0.2) is 91.1 Å². The van der Waals surface area contributed by atoms with Gasteiger partial charge in [0.2, 0.25) is 0 Å². The second-order valence-electron chi connectivity index (χ2n) is 8.41. The van der Waals surface area contributed by atoms with Crippen molar-refractivity contribution in [3.05, 3.63) is 108 Å². The van der Waals surface area contributed by atoms with Gasteiger partial charge in [0.15, 0.2) is 0 Å². The highest BCUT2D eigenvalue weighted by molar-refractivity contribution is 5.97. The summed E-state index contributed by atoms with van der Waals surface area (Å²) in [6, 6.07) is 26.0. The maximum absolute atomic E-state index is 13.1. The van der Waals surface area contributed by atoms with Gasteiger partial charge in [-0.25, -0.2) is 9.78 Å². The molecule has 0 radical (unpaired) electrons. The van der Waals surface area contributed by atoms with E-state index in [1.165, 1.54) is 7.11 Å². The Balaban J connectivity index is 1.39. The number of aromatic amines is 1. The van der Waals surface area contributed by atoms with E-state index in [1.807, 2.05) is 66.7 Å². The maximum Gasteiger partial charge on any atom is 0.407 e. The standard InChI is InChI=1S/C29H30N4O4/c1-36-26-17-9-8-15-23(26)28(34)33-24(27-31-19-25(32-27)22-13-6-3-7-14-22)16-10-18-30-29(35)37-20-21-11-4-2-5-12-21/h2-9,11-15,17,19,24H,10,16,18,20H2,1H3,(H,30,35)(H,31,32)(H,33,34). The number of methoxy groups -OCH3 is 1. The Hall–Kier alpha value is -4.59. The Morgan fingerprint density at radius 2 is 1.65 bits per heavy atom. The lowest BCUT2D eigenvalue weighted by atomic mass is 10.1. The number of hydrogen-bond acceptors (Lipinski definition) is 5. The first-order chi connectivity index (χ1) is 18.1. The Morgan fingerprint density at radius 1 is 0.946 bits per heavy atom. The number of carbonyl (C=O) groups excluding carboxylic acids is 2. The van der Waals surface area contributed by atoms with Crippen molar-refractivity contribution in [1.82, 2.24) is 20.6 Å². The maximum atomic E-state index is 13.1. The lowest BCUT2D eigenvalue weighted by molar-refractivity contribution is 0.0928. The molecule has 3 aromatic carbocycles. The highest BCUT2D eigenvalue weighted by Crippen LogP contribution is 2.23. The van der Waals surface area contributed by atoms with Crippen molar-refractivity contribution in [3.63, 3.8) is 0 Å². The summed E-state index contributed by atoms with van der Waals surface area (Å²) in [7, 11) is 1.53. The summed E-state index contributed by atoms with van der Waals surface area (Å²) in [5, 5.41) is 5.84. The van der Waals surface area contributed by atoms with Crippen molar-refractivity contribution in [3.8, 4) is 17.0 Å². The summed E-state index contributed by atoms with van der Waals surface area (Å²) in [5.41, 5.74) is 3.21. The number of alkyl carbamates (subject to hydrolysis) is 1. The Bertz CT molecular complexity index is 1290. The van der Waals surface area contributed by atoms with Crippen LogP contribution in [-0.2, 0) is 11.3 Å². The van der Waals surface area contributed by atoms with E-state index < -0.39 is 12.1 Å². The van der Waals surface area contributed by atoms with E-state index in [0.717, 1.165) is 16.8 Å². The first-order valence-corrected chi connectivity index (χ1v) is 12.1. The van der Waals surface area contributed by atoms with E-state index in [2.05, 4.69) is 20.6 Å². The minimum absolute atomic E-state index is 0.207. The molecule has 4 rings (SSSR count). The van der Waals surface area contributed by atoms with Gasteiger partial charge in [-0.3, -0.25) is 4.79 Å². The smallest absolute Gasteiger partial charge is 0.407 e. The van der Waals surface area contributed by atoms with Gasteiger partial charge in [-0.2, -0.15) is 0 Å². The van der Waals surface area contributed by atoms with Gasteiger partial charge in [-0.1, -0.05) is 72.8 Å². The second-order valence-corrected chi connectivity index (χ2v) is 8.41. The second kappa shape index (κ2) is 12.9. The zero-order valence-corrected chi connectivity index (χ0v) is 20.6. The van der Waals surface area contributed by atoms with Crippen molar-refractivity contribution in [1.29, 1.82) is 0 Å². The molecule has 8 heteroatoms. The van der Waals surface area contributed by atoms with Crippen LogP contribution in [0, 0.1) is 0 Å². The van der Waals surface area contributed by atoms with Gasteiger partial charge in [0.05, 0.1) is 30.6 Å². The average molecular weight is 499 g/mol. The van der Waals surface area contributed by atoms with Gasteiger partial charge < -0.3 is 25.1 Å². The van der Waals surface area contributed by atoms with Crippen LogP contribution in [0.2, 0.25) is 0 Å². The monoisotopic (exact) mass is 498 g/mol. The molecule has 1 atom stereocenters. The van der Waals surface area contributed by atoms with Crippen molar-refractivity contribution in [2.45, 2.75) is 25.5 Å². The number of carbonyl (C=O) groups is 2. The highest BCUT2D eigenvalue weighted by Gasteiger charge is 2.21. The molecule has 2 amide bonds. The number of nitrogens with one attached hydrogen (secondary N) is 3. The van der Waals surface area contributed by atoms with Gasteiger partial charge >= 0.3 is 6.09 Å². The molecule has 8 nitrogen and oxygen atoms in total. The molecule has 0 saturated heterocycles. The van der Waals surface area contributed by atoms with Crippen molar-refractivity contribution >= 4 is 12.0 Å². The molecule has 4 aromatic rings. The van der Waals surface area contributed by atoms with Crippen LogP contribution in [-0.4, -0.2) is 35.6 Å². The molecule has 0 aliphatic heterocycles. The molecule has 190 valence electrons. The van der Waals surface area contributed by atoms with Crippen molar-refractivity contribution in [2.75, 3.05) is 13.7 Å². The van der Waals surface area contributed by atoms with Crippen LogP contribution < -0.4 is 15.4 Å². The van der Waals surface area contributed by atoms with E-state index in [9.17, 15) is 9.59 Å². The van der Waals surface area contributed by atoms with E-state index >= 15 is 0 Å². The highest BCUT2D eigenvalue weighted by atomic mass is 16.5. The normalized spacial score (nSPS) is 11.4. The van der Waals surface area contributed by atoms with Crippen molar-refractivity contribution < 1.29 is 19.1 Å². The predicted octanol–water partition coefficient (Wildman–Crippen LogP) is 5.26. The fraction of sp³-hybridized carbons (Fsp3) is 0.207. The molecule has 3 N–H and O–H groups in total. The topological polar surface area (TPSA) is 105 Å². The summed E-state index contributed by atoms with van der Waals surface area (Å²) in [4.78, 5) is 33.1. The van der Waals surface area contributed by atoms with Crippen LogP contribution in [0.25, 0.3) is 11.3 Å².